The number of halogens is 1. The number of hydrogen-bond donors (Lipinski definition) is 1. The van der Waals surface area contributed by atoms with E-state index in [2.05, 4.69) is 26.1 Å². The van der Waals surface area contributed by atoms with Gasteiger partial charge in [-0.2, -0.15) is 9.40 Å². The summed E-state index contributed by atoms with van der Waals surface area (Å²) < 4.78 is 27.4. The Labute approximate surface area is 152 Å². The molecule has 2 heterocycles. The quantitative estimate of drug-likeness (QED) is 0.776. The van der Waals surface area contributed by atoms with Crippen LogP contribution in [0.15, 0.2) is 50.6 Å². The summed E-state index contributed by atoms with van der Waals surface area (Å²) in [4.78, 5) is 25.1. The summed E-state index contributed by atoms with van der Waals surface area (Å²) in [7, 11) is -3.59. The predicted octanol–water partition coefficient (Wildman–Crippen LogP) is 0.679. The number of aromatic amines is 1. The second-order valence-electron chi connectivity index (χ2n) is 5.46. The van der Waals surface area contributed by atoms with Crippen molar-refractivity contribution in [2.24, 2.45) is 0 Å². The lowest BCUT2D eigenvalue weighted by Gasteiger charge is -2.33. The molecule has 1 amide bonds. The molecule has 1 aliphatic heterocycles. The average molecular weight is 427 g/mol. The maximum atomic E-state index is 12.6. The molecule has 8 nitrogen and oxygen atoms in total. The highest BCUT2D eigenvalue weighted by atomic mass is 79.9. The first-order valence-electron chi connectivity index (χ1n) is 7.49. The number of amides is 1. The Morgan fingerprint density at radius 1 is 1.04 bits per heavy atom. The Balaban J connectivity index is 1.69. The number of piperazine rings is 1. The van der Waals surface area contributed by atoms with Crippen LogP contribution in [0.3, 0.4) is 0 Å². The first-order valence-corrected chi connectivity index (χ1v) is 9.72. The zero-order valence-corrected chi connectivity index (χ0v) is 15.5. The second-order valence-corrected chi connectivity index (χ2v) is 8.31. The lowest BCUT2D eigenvalue weighted by molar-refractivity contribution is 0.0690. The van der Waals surface area contributed by atoms with Crippen molar-refractivity contribution >= 4 is 31.9 Å². The molecular weight excluding hydrogens is 412 g/mol. The monoisotopic (exact) mass is 426 g/mol. The summed E-state index contributed by atoms with van der Waals surface area (Å²) in [6.07, 6.45) is 0. The molecule has 132 valence electrons. The molecule has 0 atom stereocenters. The van der Waals surface area contributed by atoms with Crippen LogP contribution in [0.1, 0.15) is 10.5 Å². The molecule has 0 bridgehead atoms. The van der Waals surface area contributed by atoms with Crippen LogP contribution in [-0.4, -0.2) is 59.9 Å². The van der Waals surface area contributed by atoms with Gasteiger partial charge < -0.3 is 4.90 Å². The van der Waals surface area contributed by atoms with Crippen LogP contribution >= 0.6 is 15.9 Å². The summed E-state index contributed by atoms with van der Waals surface area (Å²) in [5, 5.41) is 5.93. The maximum absolute atomic E-state index is 12.6. The van der Waals surface area contributed by atoms with E-state index < -0.39 is 10.0 Å². The van der Waals surface area contributed by atoms with E-state index in [1.807, 2.05) is 0 Å². The third-order valence-electron chi connectivity index (χ3n) is 3.88. The first-order chi connectivity index (χ1) is 11.9. The number of nitrogens with zero attached hydrogens (tertiary/aromatic N) is 3. The smallest absolute Gasteiger partial charge is 0.274 e. The van der Waals surface area contributed by atoms with Gasteiger partial charge in [-0.25, -0.2) is 13.5 Å². The number of nitrogens with one attached hydrogen (secondary N) is 1. The van der Waals surface area contributed by atoms with Crippen molar-refractivity contribution in [3.63, 3.8) is 0 Å². The number of benzene rings is 1. The summed E-state index contributed by atoms with van der Waals surface area (Å²) in [5.74, 6) is -0.336. The van der Waals surface area contributed by atoms with Crippen LogP contribution < -0.4 is 5.56 Å². The van der Waals surface area contributed by atoms with Crippen LogP contribution in [-0.2, 0) is 10.0 Å². The summed E-state index contributed by atoms with van der Waals surface area (Å²) >= 11 is 3.28. The zero-order chi connectivity index (χ0) is 18.0. The second kappa shape index (κ2) is 7.06. The minimum absolute atomic E-state index is 0.129. The maximum Gasteiger partial charge on any atom is 0.274 e. The van der Waals surface area contributed by atoms with Crippen molar-refractivity contribution in [1.82, 2.24) is 19.4 Å². The Hall–Kier alpha value is -2.04. The Morgan fingerprint density at radius 3 is 2.24 bits per heavy atom. The van der Waals surface area contributed by atoms with E-state index in [0.717, 1.165) is 4.47 Å². The standard InChI is InChI=1S/C15H15BrN4O4S/c16-11-1-3-12(4-2-11)25(23,24)20-9-7-19(8-10-20)15(22)13-5-6-14(21)18-17-13/h1-6H,7-10H2,(H,18,21). The van der Waals surface area contributed by atoms with Crippen LogP contribution in [0.25, 0.3) is 0 Å². The van der Waals surface area contributed by atoms with Crippen LogP contribution in [0.4, 0.5) is 0 Å². The van der Waals surface area contributed by atoms with Gasteiger partial charge in [0.1, 0.15) is 5.69 Å². The molecule has 1 fully saturated rings. The molecule has 1 N–H and O–H groups in total. The fraction of sp³-hybridized carbons (Fsp3) is 0.267. The molecule has 0 saturated carbocycles. The van der Waals surface area contributed by atoms with Crippen LogP contribution in [0.2, 0.25) is 0 Å². The normalized spacial score (nSPS) is 16.0. The van der Waals surface area contributed by atoms with Gasteiger partial charge in [-0.15, -0.1) is 0 Å². The van der Waals surface area contributed by atoms with E-state index in [1.165, 1.54) is 21.3 Å². The minimum atomic E-state index is -3.59. The third-order valence-corrected chi connectivity index (χ3v) is 6.32. The van der Waals surface area contributed by atoms with Crippen molar-refractivity contribution in [2.45, 2.75) is 4.90 Å². The molecule has 1 aromatic heterocycles. The van der Waals surface area contributed by atoms with E-state index in [9.17, 15) is 18.0 Å². The van der Waals surface area contributed by atoms with Gasteiger partial charge >= 0.3 is 0 Å². The van der Waals surface area contributed by atoms with Gasteiger partial charge in [-0.3, -0.25) is 9.59 Å². The third kappa shape index (κ3) is 3.80. The van der Waals surface area contributed by atoms with E-state index >= 15 is 0 Å². The number of hydrogen-bond acceptors (Lipinski definition) is 5. The van der Waals surface area contributed by atoms with E-state index in [1.54, 1.807) is 24.3 Å². The lowest BCUT2D eigenvalue weighted by atomic mass is 10.3. The zero-order valence-electron chi connectivity index (χ0n) is 13.1. The summed E-state index contributed by atoms with van der Waals surface area (Å²) in [6.45, 7) is 0.922. The highest BCUT2D eigenvalue weighted by Crippen LogP contribution is 2.20. The van der Waals surface area contributed by atoms with Gasteiger partial charge in [-0.05, 0) is 30.3 Å². The van der Waals surface area contributed by atoms with Crippen LogP contribution in [0.5, 0.6) is 0 Å². The highest BCUT2D eigenvalue weighted by molar-refractivity contribution is 9.10. The van der Waals surface area contributed by atoms with Gasteiger partial charge in [0.2, 0.25) is 10.0 Å². The Morgan fingerprint density at radius 2 is 1.68 bits per heavy atom. The van der Waals surface area contributed by atoms with Crippen molar-refractivity contribution in [2.75, 3.05) is 26.2 Å². The molecule has 10 heteroatoms. The van der Waals surface area contributed by atoms with Gasteiger partial charge in [0, 0.05) is 36.7 Å². The number of carbonyl (C=O) groups excluding carboxylic acids is 1. The number of H-pyrrole nitrogens is 1. The van der Waals surface area contributed by atoms with Crippen molar-refractivity contribution < 1.29 is 13.2 Å². The molecule has 0 radical (unpaired) electrons. The van der Waals surface area contributed by atoms with Crippen LogP contribution in [0, 0.1) is 0 Å². The van der Waals surface area contributed by atoms with E-state index in [4.69, 9.17) is 0 Å². The van der Waals surface area contributed by atoms with Gasteiger partial charge in [-0.1, -0.05) is 15.9 Å². The van der Waals surface area contributed by atoms with Crippen molar-refractivity contribution in [3.8, 4) is 0 Å². The molecule has 2 aromatic rings. The molecule has 1 aromatic carbocycles. The van der Waals surface area contributed by atoms with Gasteiger partial charge in [0.15, 0.2) is 0 Å². The fourth-order valence-corrected chi connectivity index (χ4v) is 4.20. The molecule has 1 aliphatic rings. The number of rotatable bonds is 3. The molecular formula is C15H15BrN4O4S. The number of sulfonamides is 1. The molecule has 0 unspecified atom stereocenters. The Bertz CT molecular complexity index is 914. The summed E-state index contributed by atoms with van der Waals surface area (Å²) in [6, 6.07) is 9.02. The van der Waals surface area contributed by atoms with Gasteiger partial charge in [0.25, 0.3) is 11.5 Å². The van der Waals surface area contributed by atoms with Crippen molar-refractivity contribution in [3.05, 3.63) is 56.9 Å². The van der Waals surface area contributed by atoms with Gasteiger partial charge in [0.05, 0.1) is 4.90 Å². The predicted molar refractivity (Wildman–Crippen MR) is 93.7 cm³/mol. The molecule has 0 spiro atoms. The SMILES string of the molecule is O=C(c1ccc(=O)[nH]n1)N1CCN(S(=O)(=O)c2ccc(Br)cc2)CC1. The van der Waals surface area contributed by atoms with E-state index in [-0.39, 0.29) is 48.2 Å². The molecule has 0 aliphatic carbocycles. The largest absolute Gasteiger partial charge is 0.335 e. The average Bonchev–Trinajstić information content (AvgIpc) is 2.62. The lowest BCUT2D eigenvalue weighted by Crippen LogP contribution is -2.50. The van der Waals surface area contributed by atoms with Crippen molar-refractivity contribution in [1.29, 1.82) is 0 Å². The highest BCUT2D eigenvalue weighted by Gasteiger charge is 2.30. The summed E-state index contributed by atoms with van der Waals surface area (Å²) in [5.41, 5.74) is -0.259. The van der Waals surface area contributed by atoms with E-state index in [0.29, 0.717) is 0 Å². The fourth-order valence-electron chi connectivity index (χ4n) is 2.51. The number of carbonyl (C=O) groups is 1. The Kier molecular flexibility index (Phi) is 5.02. The molecule has 1 saturated heterocycles. The molecule has 25 heavy (non-hydrogen) atoms. The number of aromatic nitrogens is 2. The molecule has 3 rings (SSSR count). The minimum Gasteiger partial charge on any atom is -0.335 e. The topological polar surface area (TPSA) is 103 Å². The first kappa shape index (κ1) is 17.8.